The van der Waals surface area contributed by atoms with Crippen LogP contribution in [0, 0.1) is 0 Å². The molecule has 1 aliphatic heterocycles. The maximum Gasteiger partial charge on any atom is 0.268 e. The molecule has 1 aliphatic rings. The van der Waals surface area contributed by atoms with E-state index in [1.54, 1.807) is 13.2 Å². The lowest BCUT2D eigenvalue weighted by atomic mass is 10.3. The number of aromatic nitrogens is 1. The number of carbonyl (C=O) groups excluding carboxylic acids is 4. The number of nitrogens with zero attached hydrogens (tertiary/aromatic N) is 3. The minimum absolute atomic E-state index is 0.134. The summed E-state index contributed by atoms with van der Waals surface area (Å²) in [4.78, 5) is 52.6. The van der Waals surface area contributed by atoms with Crippen LogP contribution in [0.1, 0.15) is 19.8 Å². The van der Waals surface area contributed by atoms with Crippen LogP contribution in [0.25, 0.3) is 10.2 Å². The summed E-state index contributed by atoms with van der Waals surface area (Å²) in [7, 11) is 1.58. The van der Waals surface area contributed by atoms with E-state index in [1.165, 1.54) is 18.3 Å². The Balaban J connectivity index is 1.96. The van der Waals surface area contributed by atoms with Crippen LogP contribution in [0.5, 0.6) is 0 Å². The Kier molecular flexibility index (Phi) is 6.00. The average molecular weight is 404 g/mol. The van der Waals surface area contributed by atoms with Gasteiger partial charge in [0, 0.05) is 39.1 Å². The van der Waals surface area contributed by atoms with E-state index >= 15 is 0 Å². The molecular weight excluding hydrogens is 384 g/mol. The second-order valence-electron chi connectivity index (χ2n) is 6.27. The van der Waals surface area contributed by atoms with E-state index in [1.807, 2.05) is 16.7 Å². The number of amides is 4. The van der Waals surface area contributed by atoms with Crippen molar-refractivity contribution < 1.29 is 23.9 Å². The third-order valence-corrected chi connectivity index (χ3v) is 5.23. The van der Waals surface area contributed by atoms with Gasteiger partial charge in [-0.05, 0) is 18.2 Å². The quantitative estimate of drug-likeness (QED) is 0.719. The highest BCUT2D eigenvalue weighted by Crippen LogP contribution is 2.22. The Morgan fingerprint density at radius 3 is 2.61 bits per heavy atom. The molecule has 1 fully saturated rings. The normalized spacial score (nSPS) is 14.9. The van der Waals surface area contributed by atoms with Crippen molar-refractivity contribution in [1.82, 2.24) is 9.47 Å². The number of imide groups is 1. The average Bonchev–Trinajstić information content (AvgIpc) is 3.13. The molecule has 1 N–H and O–H groups in total. The van der Waals surface area contributed by atoms with Gasteiger partial charge in [-0.1, -0.05) is 11.3 Å². The Morgan fingerprint density at radius 1 is 1.25 bits per heavy atom. The summed E-state index contributed by atoms with van der Waals surface area (Å²) in [5.41, 5.74) is 1.49. The fraction of sp³-hybridized carbons (Fsp3) is 0.389. The largest absolute Gasteiger partial charge is 0.383 e. The molecule has 3 rings (SSSR count). The molecule has 0 aliphatic carbocycles. The van der Waals surface area contributed by atoms with E-state index in [-0.39, 0.29) is 37.1 Å². The van der Waals surface area contributed by atoms with Gasteiger partial charge >= 0.3 is 0 Å². The van der Waals surface area contributed by atoms with Crippen molar-refractivity contribution in [2.45, 2.75) is 26.3 Å². The maximum absolute atomic E-state index is 12.4. The number of ether oxygens (including phenoxy) is 1. The lowest BCUT2D eigenvalue weighted by Crippen LogP contribution is -2.34. The molecule has 1 aromatic carbocycles. The summed E-state index contributed by atoms with van der Waals surface area (Å²) in [6.07, 6.45) is 0.267. The number of rotatable bonds is 6. The number of hydrogen-bond donors (Lipinski definition) is 1. The molecule has 10 heteroatoms. The van der Waals surface area contributed by atoms with Crippen LogP contribution in [0.2, 0.25) is 0 Å². The zero-order valence-electron chi connectivity index (χ0n) is 15.6. The number of fused-ring (bicyclic) bond motifs is 1. The molecule has 2 aromatic rings. The number of methoxy groups -OCH3 is 1. The molecule has 28 heavy (non-hydrogen) atoms. The highest BCUT2D eigenvalue weighted by molar-refractivity contribution is 7.16. The predicted octanol–water partition coefficient (Wildman–Crippen LogP) is 0.884. The van der Waals surface area contributed by atoms with Gasteiger partial charge in [-0.3, -0.25) is 24.1 Å². The van der Waals surface area contributed by atoms with E-state index in [9.17, 15) is 19.2 Å². The van der Waals surface area contributed by atoms with Crippen molar-refractivity contribution in [3.8, 4) is 0 Å². The van der Waals surface area contributed by atoms with Crippen LogP contribution in [0.15, 0.2) is 23.2 Å². The van der Waals surface area contributed by atoms with Gasteiger partial charge in [-0.15, -0.1) is 0 Å². The van der Waals surface area contributed by atoms with Crippen LogP contribution >= 0.6 is 11.3 Å². The van der Waals surface area contributed by atoms with E-state index in [0.29, 0.717) is 23.6 Å². The Morgan fingerprint density at radius 2 is 1.96 bits per heavy atom. The minimum atomic E-state index is -0.566. The number of anilines is 1. The van der Waals surface area contributed by atoms with Crippen molar-refractivity contribution in [2.75, 3.05) is 25.6 Å². The first-order valence-corrected chi connectivity index (χ1v) is 9.51. The van der Waals surface area contributed by atoms with Gasteiger partial charge in [0.05, 0.1) is 16.8 Å². The summed E-state index contributed by atoms with van der Waals surface area (Å²) >= 11 is 1.28. The van der Waals surface area contributed by atoms with Crippen LogP contribution in [0.4, 0.5) is 5.69 Å². The monoisotopic (exact) mass is 404 g/mol. The first kappa shape index (κ1) is 19.9. The van der Waals surface area contributed by atoms with Gasteiger partial charge in [0.2, 0.25) is 17.7 Å². The Bertz CT molecular complexity index is 1010. The molecule has 0 saturated carbocycles. The first-order chi connectivity index (χ1) is 13.4. The van der Waals surface area contributed by atoms with Gasteiger partial charge in [0.25, 0.3) is 5.91 Å². The van der Waals surface area contributed by atoms with E-state index in [0.717, 1.165) is 15.1 Å². The molecule has 0 unspecified atom stereocenters. The number of carbonyl (C=O) groups is 4. The van der Waals surface area contributed by atoms with Crippen LogP contribution < -0.4 is 10.1 Å². The molecule has 0 atom stereocenters. The second-order valence-corrected chi connectivity index (χ2v) is 7.28. The van der Waals surface area contributed by atoms with Crippen molar-refractivity contribution in [1.29, 1.82) is 0 Å². The van der Waals surface area contributed by atoms with E-state index < -0.39 is 5.91 Å². The second kappa shape index (κ2) is 8.44. The lowest BCUT2D eigenvalue weighted by molar-refractivity contribution is -0.141. The van der Waals surface area contributed by atoms with Crippen LogP contribution in [-0.2, 0) is 30.5 Å². The molecule has 1 saturated heterocycles. The summed E-state index contributed by atoms with van der Waals surface area (Å²) < 4.78 is 7.81. The van der Waals surface area contributed by atoms with Gasteiger partial charge in [0.1, 0.15) is 6.54 Å². The highest BCUT2D eigenvalue weighted by atomic mass is 32.1. The fourth-order valence-corrected chi connectivity index (χ4v) is 4.03. The molecule has 148 valence electrons. The van der Waals surface area contributed by atoms with Crippen molar-refractivity contribution in [3.05, 3.63) is 23.0 Å². The number of benzene rings is 1. The van der Waals surface area contributed by atoms with Crippen LogP contribution in [-0.4, -0.2) is 53.4 Å². The Labute approximate surface area is 164 Å². The van der Waals surface area contributed by atoms with E-state index in [2.05, 4.69) is 10.3 Å². The molecular formula is C18H20N4O5S. The molecule has 4 amide bonds. The molecule has 1 aromatic heterocycles. The first-order valence-electron chi connectivity index (χ1n) is 8.69. The standard InChI is InChI=1S/C18H20N4O5S/c1-11(23)19-12-3-4-13-14(9-12)28-18(21(13)7-8-27-2)20-15(24)10-22-16(25)5-6-17(22)26/h3-4,9H,5-8,10H2,1-2H3,(H,19,23). The summed E-state index contributed by atoms with van der Waals surface area (Å²) in [6, 6.07) is 5.42. The van der Waals surface area contributed by atoms with Gasteiger partial charge in [-0.25, -0.2) is 0 Å². The molecule has 9 nitrogen and oxygen atoms in total. The topological polar surface area (TPSA) is 110 Å². The smallest absolute Gasteiger partial charge is 0.268 e. The Hall–Kier alpha value is -2.85. The molecule has 0 spiro atoms. The molecule has 0 bridgehead atoms. The van der Waals surface area contributed by atoms with Gasteiger partial charge in [0.15, 0.2) is 4.80 Å². The lowest BCUT2D eigenvalue weighted by Gasteiger charge is -2.10. The molecule has 0 radical (unpaired) electrons. The van der Waals surface area contributed by atoms with Gasteiger partial charge < -0.3 is 14.6 Å². The SMILES string of the molecule is COCCn1c(=NC(=O)CN2C(=O)CCC2=O)sc2cc(NC(C)=O)ccc21. The number of likely N-dealkylation sites (tertiary alicyclic amines) is 1. The van der Waals surface area contributed by atoms with Crippen molar-refractivity contribution in [2.24, 2.45) is 4.99 Å². The number of thiazole rings is 1. The minimum Gasteiger partial charge on any atom is -0.383 e. The maximum atomic E-state index is 12.4. The summed E-state index contributed by atoms with van der Waals surface area (Å²) in [5.74, 6) is -1.44. The number of nitrogens with one attached hydrogen (secondary N) is 1. The van der Waals surface area contributed by atoms with Crippen LogP contribution in [0.3, 0.4) is 0 Å². The third kappa shape index (κ3) is 4.34. The van der Waals surface area contributed by atoms with E-state index in [4.69, 9.17) is 4.74 Å². The molecule has 2 heterocycles. The number of hydrogen-bond acceptors (Lipinski definition) is 6. The highest BCUT2D eigenvalue weighted by Gasteiger charge is 2.30. The fourth-order valence-electron chi connectivity index (χ4n) is 2.91. The van der Waals surface area contributed by atoms with Crippen molar-refractivity contribution in [3.63, 3.8) is 0 Å². The zero-order chi connectivity index (χ0) is 20.3. The van der Waals surface area contributed by atoms with Crippen molar-refractivity contribution >= 4 is 50.9 Å². The predicted molar refractivity (Wildman–Crippen MR) is 103 cm³/mol. The zero-order valence-corrected chi connectivity index (χ0v) is 16.4. The summed E-state index contributed by atoms with van der Waals surface area (Å²) in [6.45, 7) is 1.97. The van der Waals surface area contributed by atoms with Gasteiger partial charge in [-0.2, -0.15) is 4.99 Å². The third-order valence-electron chi connectivity index (χ3n) is 4.19. The summed E-state index contributed by atoms with van der Waals surface area (Å²) in [5, 5.41) is 2.72.